The molecule has 0 saturated heterocycles. The second-order valence-corrected chi connectivity index (χ2v) is 8.76. The monoisotopic (exact) mass is 477 g/mol. The fraction of sp³-hybridized carbons (Fsp3) is 0.160. The van der Waals surface area contributed by atoms with Crippen LogP contribution in [-0.2, 0) is 24.4 Å². The Balaban J connectivity index is 1.42. The van der Waals surface area contributed by atoms with Gasteiger partial charge in [0.15, 0.2) is 11.0 Å². The molecule has 1 heterocycles. The highest BCUT2D eigenvalue weighted by atomic mass is 35.5. The van der Waals surface area contributed by atoms with Gasteiger partial charge >= 0.3 is 0 Å². The minimum atomic E-state index is -0.0426. The lowest BCUT2D eigenvalue weighted by molar-refractivity contribution is -0.118. The molecular formula is C25H24ClN5OS. The number of nitrogens with one attached hydrogen (secondary N) is 2. The summed E-state index contributed by atoms with van der Waals surface area (Å²) < 4.78 is 2.05. The van der Waals surface area contributed by atoms with E-state index in [2.05, 4.69) is 33.0 Å². The van der Waals surface area contributed by atoms with E-state index in [1.807, 2.05) is 77.4 Å². The van der Waals surface area contributed by atoms with Crippen LogP contribution in [0.15, 0.2) is 90.1 Å². The van der Waals surface area contributed by atoms with Gasteiger partial charge in [-0.3, -0.25) is 4.79 Å². The largest absolute Gasteiger partial charge is 0.378 e. The van der Waals surface area contributed by atoms with Gasteiger partial charge in [0.25, 0.3) is 0 Å². The number of carbonyl (C=O) groups is 1. The molecule has 0 radical (unpaired) electrons. The van der Waals surface area contributed by atoms with E-state index >= 15 is 0 Å². The molecule has 0 aliphatic rings. The van der Waals surface area contributed by atoms with E-state index in [0.717, 1.165) is 22.6 Å². The maximum absolute atomic E-state index is 12.4. The van der Waals surface area contributed by atoms with Crippen LogP contribution in [0.2, 0.25) is 5.02 Å². The quantitative estimate of drug-likeness (QED) is 0.314. The van der Waals surface area contributed by atoms with E-state index in [1.165, 1.54) is 11.8 Å². The van der Waals surface area contributed by atoms with Gasteiger partial charge in [-0.2, -0.15) is 0 Å². The van der Waals surface area contributed by atoms with Crippen LogP contribution in [0.1, 0.15) is 17.0 Å². The third-order valence-corrected chi connectivity index (χ3v) is 6.16. The zero-order valence-corrected chi connectivity index (χ0v) is 19.5. The van der Waals surface area contributed by atoms with Crippen molar-refractivity contribution in [3.05, 3.63) is 107 Å². The van der Waals surface area contributed by atoms with Crippen LogP contribution in [0.5, 0.6) is 0 Å². The standard InChI is InChI=1S/C25H24ClN5OS/c26-21-11-13-22(14-12-21)27-16-23-29-30-25(31(23)17-20-9-5-2-6-10-20)33-18-24(32)28-15-19-7-3-1-4-8-19/h1-14,27H,15-18H2,(H,28,32). The second-order valence-electron chi connectivity index (χ2n) is 7.38. The summed E-state index contributed by atoms with van der Waals surface area (Å²) in [4.78, 5) is 12.4. The first-order valence-electron chi connectivity index (χ1n) is 10.6. The number of halogens is 1. The number of rotatable bonds is 10. The van der Waals surface area contributed by atoms with Crippen molar-refractivity contribution >= 4 is 35.0 Å². The molecule has 4 rings (SSSR count). The molecule has 6 nitrogen and oxygen atoms in total. The van der Waals surface area contributed by atoms with Crippen LogP contribution in [0.3, 0.4) is 0 Å². The summed E-state index contributed by atoms with van der Waals surface area (Å²) in [5.74, 6) is 1.02. The van der Waals surface area contributed by atoms with Gasteiger partial charge < -0.3 is 15.2 Å². The van der Waals surface area contributed by atoms with E-state index < -0.39 is 0 Å². The zero-order chi connectivity index (χ0) is 22.9. The van der Waals surface area contributed by atoms with Crippen molar-refractivity contribution < 1.29 is 4.79 Å². The van der Waals surface area contributed by atoms with Crippen LogP contribution in [-0.4, -0.2) is 26.4 Å². The molecular weight excluding hydrogens is 454 g/mol. The number of carbonyl (C=O) groups excluding carboxylic acids is 1. The highest BCUT2D eigenvalue weighted by Crippen LogP contribution is 2.20. The summed E-state index contributed by atoms with van der Waals surface area (Å²) in [6, 6.07) is 27.5. The Labute approximate surface area is 202 Å². The van der Waals surface area contributed by atoms with Gasteiger partial charge in [-0.15, -0.1) is 10.2 Å². The number of hydrogen-bond donors (Lipinski definition) is 2. The number of thioether (sulfide) groups is 1. The number of benzene rings is 3. The van der Waals surface area contributed by atoms with Gasteiger partial charge in [-0.05, 0) is 35.4 Å². The number of hydrogen-bond acceptors (Lipinski definition) is 5. The smallest absolute Gasteiger partial charge is 0.230 e. The Bertz CT molecular complexity index is 1170. The summed E-state index contributed by atoms with van der Waals surface area (Å²) in [5, 5.41) is 16.5. The molecule has 0 bridgehead atoms. The van der Waals surface area contributed by atoms with Crippen LogP contribution in [0.25, 0.3) is 0 Å². The molecule has 0 atom stereocenters. The summed E-state index contributed by atoms with van der Waals surface area (Å²) >= 11 is 7.36. The molecule has 0 unspecified atom stereocenters. The van der Waals surface area contributed by atoms with E-state index in [0.29, 0.717) is 29.8 Å². The molecule has 0 saturated carbocycles. The highest BCUT2D eigenvalue weighted by molar-refractivity contribution is 7.99. The van der Waals surface area contributed by atoms with E-state index in [1.54, 1.807) is 0 Å². The normalized spacial score (nSPS) is 10.7. The Morgan fingerprint density at radius 2 is 1.52 bits per heavy atom. The number of anilines is 1. The number of nitrogens with zero attached hydrogens (tertiary/aromatic N) is 3. The van der Waals surface area contributed by atoms with Crippen molar-refractivity contribution in [3.8, 4) is 0 Å². The number of aromatic nitrogens is 3. The van der Waals surface area contributed by atoms with Crippen LogP contribution in [0, 0.1) is 0 Å². The molecule has 3 aromatic carbocycles. The summed E-state index contributed by atoms with van der Waals surface area (Å²) in [5.41, 5.74) is 3.15. The van der Waals surface area contributed by atoms with Crippen LogP contribution in [0.4, 0.5) is 5.69 Å². The van der Waals surface area contributed by atoms with Crippen molar-refractivity contribution in [2.45, 2.75) is 24.8 Å². The molecule has 168 valence electrons. The van der Waals surface area contributed by atoms with Crippen molar-refractivity contribution in [2.24, 2.45) is 0 Å². The molecule has 0 spiro atoms. The lowest BCUT2D eigenvalue weighted by Crippen LogP contribution is -2.24. The molecule has 4 aromatic rings. The van der Waals surface area contributed by atoms with Crippen molar-refractivity contribution in [3.63, 3.8) is 0 Å². The fourth-order valence-corrected chi connectivity index (χ4v) is 4.12. The van der Waals surface area contributed by atoms with Gasteiger partial charge in [0.2, 0.25) is 5.91 Å². The topological polar surface area (TPSA) is 71.8 Å². The lowest BCUT2D eigenvalue weighted by atomic mass is 10.2. The zero-order valence-electron chi connectivity index (χ0n) is 17.9. The molecule has 0 aliphatic heterocycles. The molecule has 0 fully saturated rings. The third kappa shape index (κ3) is 6.84. The molecule has 0 aliphatic carbocycles. The Kier molecular flexibility index (Phi) is 8.00. The van der Waals surface area contributed by atoms with Crippen LogP contribution >= 0.6 is 23.4 Å². The first-order chi connectivity index (χ1) is 16.2. The Hall–Kier alpha value is -3.29. The predicted molar refractivity (Wildman–Crippen MR) is 133 cm³/mol. The maximum atomic E-state index is 12.4. The predicted octanol–water partition coefficient (Wildman–Crippen LogP) is 5.00. The SMILES string of the molecule is O=C(CSc1nnc(CNc2ccc(Cl)cc2)n1Cc1ccccc1)NCc1ccccc1. The second kappa shape index (κ2) is 11.5. The van der Waals surface area contributed by atoms with Crippen LogP contribution < -0.4 is 10.6 Å². The van der Waals surface area contributed by atoms with Gasteiger partial charge in [-0.1, -0.05) is 84.0 Å². The maximum Gasteiger partial charge on any atom is 0.230 e. The van der Waals surface area contributed by atoms with Gasteiger partial charge in [0, 0.05) is 17.3 Å². The van der Waals surface area contributed by atoms with E-state index in [9.17, 15) is 4.79 Å². The first-order valence-corrected chi connectivity index (χ1v) is 11.9. The summed E-state index contributed by atoms with van der Waals surface area (Å²) in [7, 11) is 0. The van der Waals surface area contributed by atoms with E-state index in [4.69, 9.17) is 11.6 Å². The lowest BCUT2D eigenvalue weighted by Gasteiger charge is -2.12. The van der Waals surface area contributed by atoms with Gasteiger partial charge in [-0.25, -0.2) is 0 Å². The van der Waals surface area contributed by atoms with Crippen molar-refractivity contribution in [2.75, 3.05) is 11.1 Å². The van der Waals surface area contributed by atoms with Crippen molar-refractivity contribution in [1.82, 2.24) is 20.1 Å². The Morgan fingerprint density at radius 3 is 2.21 bits per heavy atom. The van der Waals surface area contributed by atoms with Gasteiger partial charge in [0.1, 0.15) is 0 Å². The average Bonchev–Trinajstić information content (AvgIpc) is 3.23. The minimum Gasteiger partial charge on any atom is -0.378 e. The summed E-state index contributed by atoms with van der Waals surface area (Å²) in [6.45, 7) is 1.63. The minimum absolute atomic E-state index is 0.0426. The fourth-order valence-electron chi connectivity index (χ4n) is 3.21. The van der Waals surface area contributed by atoms with Crippen molar-refractivity contribution in [1.29, 1.82) is 0 Å². The molecule has 2 N–H and O–H groups in total. The highest BCUT2D eigenvalue weighted by Gasteiger charge is 2.15. The third-order valence-electron chi connectivity index (χ3n) is 4.94. The molecule has 8 heteroatoms. The van der Waals surface area contributed by atoms with E-state index in [-0.39, 0.29) is 11.7 Å². The summed E-state index contributed by atoms with van der Waals surface area (Å²) in [6.07, 6.45) is 0. The van der Waals surface area contributed by atoms with Gasteiger partial charge in [0.05, 0.1) is 18.8 Å². The first kappa shape index (κ1) is 22.9. The average molecular weight is 478 g/mol. The molecule has 1 amide bonds. The molecule has 33 heavy (non-hydrogen) atoms. The number of amides is 1. The Morgan fingerprint density at radius 1 is 0.848 bits per heavy atom. The molecule has 1 aromatic heterocycles.